The minimum Gasteiger partial charge on any atom is -0.493 e. The molecule has 0 aromatic heterocycles. The molecule has 1 aliphatic carbocycles. The number of hydrogen-bond donors (Lipinski definition) is 0. The van der Waals surface area contributed by atoms with Crippen molar-refractivity contribution in [1.82, 2.24) is 9.80 Å². The third kappa shape index (κ3) is 4.84. The van der Waals surface area contributed by atoms with Gasteiger partial charge in [-0.3, -0.25) is 4.79 Å². The predicted octanol–water partition coefficient (Wildman–Crippen LogP) is 4.35. The zero-order valence-corrected chi connectivity index (χ0v) is 16.6. The van der Waals surface area contributed by atoms with E-state index in [1.807, 2.05) is 24.3 Å². The highest BCUT2D eigenvalue weighted by Gasteiger charge is 2.31. The number of benzene rings is 1. The first-order valence-electron chi connectivity index (χ1n) is 11.1. The lowest BCUT2D eigenvalue weighted by Gasteiger charge is -2.28. The van der Waals surface area contributed by atoms with Crippen LogP contribution in [-0.4, -0.2) is 54.5 Å². The van der Waals surface area contributed by atoms with Gasteiger partial charge in [0, 0.05) is 24.7 Å². The van der Waals surface area contributed by atoms with E-state index in [9.17, 15) is 4.79 Å². The van der Waals surface area contributed by atoms with Crippen LogP contribution in [0.5, 0.6) is 5.75 Å². The molecule has 4 rings (SSSR count). The molecule has 0 unspecified atom stereocenters. The van der Waals surface area contributed by atoms with Gasteiger partial charge in [-0.2, -0.15) is 0 Å². The summed E-state index contributed by atoms with van der Waals surface area (Å²) in [6.07, 6.45) is 11.5. The van der Waals surface area contributed by atoms with Crippen LogP contribution in [0.3, 0.4) is 0 Å². The van der Waals surface area contributed by atoms with E-state index < -0.39 is 0 Å². The van der Waals surface area contributed by atoms with Gasteiger partial charge in [0.15, 0.2) is 0 Å². The Morgan fingerprint density at radius 1 is 0.889 bits per heavy atom. The van der Waals surface area contributed by atoms with Crippen LogP contribution in [0.1, 0.15) is 68.1 Å². The summed E-state index contributed by atoms with van der Waals surface area (Å²) in [6, 6.07) is 8.23. The summed E-state index contributed by atoms with van der Waals surface area (Å²) in [5.41, 5.74) is 0.799. The third-order valence-electron chi connectivity index (χ3n) is 6.62. The van der Waals surface area contributed by atoms with Gasteiger partial charge in [0.25, 0.3) is 5.91 Å². The molecule has 1 saturated carbocycles. The van der Waals surface area contributed by atoms with E-state index >= 15 is 0 Å². The van der Waals surface area contributed by atoms with Gasteiger partial charge in [-0.25, -0.2) is 0 Å². The molecule has 0 spiro atoms. The van der Waals surface area contributed by atoms with Crippen LogP contribution in [0, 0.1) is 5.92 Å². The standard InChI is InChI=1S/C23H34N2O2/c26-23(25-16-6-9-21(25)17-24-14-4-5-15-24)20-10-12-22(13-11-20)27-18-19-7-2-1-3-8-19/h10-13,19,21H,1-9,14-18H2/t21-/m0/s1. The second kappa shape index (κ2) is 9.09. The van der Waals surface area contributed by atoms with E-state index in [0.29, 0.717) is 12.0 Å². The number of ether oxygens (including phenoxy) is 1. The van der Waals surface area contributed by atoms with Gasteiger partial charge < -0.3 is 14.5 Å². The van der Waals surface area contributed by atoms with Crippen molar-refractivity contribution in [2.24, 2.45) is 5.92 Å². The highest BCUT2D eigenvalue weighted by atomic mass is 16.5. The number of hydrogen-bond acceptors (Lipinski definition) is 3. The fourth-order valence-electron chi connectivity index (χ4n) is 4.98. The number of likely N-dealkylation sites (tertiary alicyclic amines) is 2. The molecule has 1 aromatic rings. The van der Waals surface area contributed by atoms with Crippen molar-refractivity contribution >= 4 is 5.91 Å². The van der Waals surface area contributed by atoms with Crippen molar-refractivity contribution in [2.45, 2.75) is 63.8 Å². The Balaban J connectivity index is 1.31. The minimum absolute atomic E-state index is 0.190. The largest absolute Gasteiger partial charge is 0.493 e. The number of rotatable bonds is 6. The van der Waals surface area contributed by atoms with Crippen molar-refractivity contribution < 1.29 is 9.53 Å². The van der Waals surface area contributed by atoms with Crippen molar-refractivity contribution in [3.8, 4) is 5.75 Å². The van der Waals surface area contributed by atoms with Crippen LogP contribution in [0.25, 0.3) is 0 Å². The van der Waals surface area contributed by atoms with Crippen LogP contribution in [0.2, 0.25) is 0 Å². The quantitative estimate of drug-likeness (QED) is 0.746. The second-order valence-electron chi connectivity index (χ2n) is 8.64. The van der Waals surface area contributed by atoms with Crippen molar-refractivity contribution in [2.75, 3.05) is 32.8 Å². The summed E-state index contributed by atoms with van der Waals surface area (Å²) in [4.78, 5) is 17.6. The summed E-state index contributed by atoms with van der Waals surface area (Å²) < 4.78 is 5.98. The van der Waals surface area contributed by atoms with E-state index in [1.54, 1.807) is 0 Å². The average molecular weight is 371 g/mol. The maximum atomic E-state index is 13.0. The molecule has 3 fully saturated rings. The highest BCUT2D eigenvalue weighted by Crippen LogP contribution is 2.26. The third-order valence-corrected chi connectivity index (χ3v) is 6.62. The molecule has 1 atom stereocenters. The summed E-state index contributed by atoms with van der Waals surface area (Å²) >= 11 is 0. The Labute approximate surface area is 163 Å². The number of nitrogens with zero attached hydrogens (tertiary/aromatic N) is 2. The summed E-state index contributed by atoms with van der Waals surface area (Å²) in [5, 5.41) is 0. The van der Waals surface area contributed by atoms with Gasteiger partial charge in [-0.05, 0) is 81.8 Å². The van der Waals surface area contributed by atoms with E-state index in [4.69, 9.17) is 4.74 Å². The first-order chi connectivity index (χ1) is 13.3. The van der Waals surface area contributed by atoms with Gasteiger partial charge in [0.2, 0.25) is 0 Å². The topological polar surface area (TPSA) is 32.8 Å². The number of carbonyl (C=O) groups excluding carboxylic acids is 1. The summed E-state index contributed by atoms with van der Waals surface area (Å²) in [5.74, 6) is 1.79. The molecule has 27 heavy (non-hydrogen) atoms. The van der Waals surface area contributed by atoms with E-state index in [1.165, 1.54) is 58.0 Å². The van der Waals surface area contributed by atoms with Crippen LogP contribution in [0.15, 0.2) is 24.3 Å². The molecule has 2 aliphatic heterocycles. The smallest absolute Gasteiger partial charge is 0.254 e. The Morgan fingerprint density at radius 2 is 1.63 bits per heavy atom. The minimum atomic E-state index is 0.190. The van der Waals surface area contributed by atoms with E-state index in [2.05, 4.69) is 9.80 Å². The van der Waals surface area contributed by atoms with Crippen molar-refractivity contribution in [3.05, 3.63) is 29.8 Å². The average Bonchev–Trinajstić information content (AvgIpc) is 3.40. The Kier molecular flexibility index (Phi) is 6.33. The molecule has 0 N–H and O–H groups in total. The van der Waals surface area contributed by atoms with Gasteiger partial charge >= 0.3 is 0 Å². The summed E-state index contributed by atoms with van der Waals surface area (Å²) in [7, 11) is 0. The molecular formula is C23H34N2O2. The number of carbonyl (C=O) groups is 1. The summed E-state index contributed by atoms with van der Waals surface area (Å²) in [6.45, 7) is 5.17. The molecule has 2 heterocycles. The first kappa shape index (κ1) is 18.8. The zero-order chi connectivity index (χ0) is 18.5. The molecule has 3 aliphatic rings. The molecule has 4 heteroatoms. The van der Waals surface area contributed by atoms with Crippen LogP contribution in [0.4, 0.5) is 0 Å². The van der Waals surface area contributed by atoms with Crippen LogP contribution in [-0.2, 0) is 0 Å². The van der Waals surface area contributed by atoms with Gasteiger partial charge in [0.1, 0.15) is 5.75 Å². The first-order valence-corrected chi connectivity index (χ1v) is 11.1. The molecule has 0 bridgehead atoms. The molecule has 0 radical (unpaired) electrons. The van der Waals surface area contributed by atoms with Crippen LogP contribution < -0.4 is 4.74 Å². The second-order valence-corrected chi connectivity index (χ2v) is 8.64. The van der Waals surface area contributed by atoms with E-state index in [0.717, 1.165) is 43.9 Å². The normalized spacial score (nSPS) is 24.4. The van der Waals surface area contributed by atoms with Crippen molar-refractivity contribution in [3.63, 3.8) is 0 Å². The lowest BCUT2D eigenvalue weighted by Crippen LogP contribution is -2.42. The van der Waals surface area contributed by atoms with Crippen LogP contribution >= 0.6 is 0 Å². The van der Waals surface area contributed by atoms with Crippen molar-refractivity contribution in [1.29, 1.82) is 0 Å². The Bertz CT molecular complexity index is 603. The van der Waals surface area contributed by atoms with Gasteiger partial charge in [0.05, 0.1) is 6.61 Å². The molecule has 2 saturated heterocycles. The molecule has 1 amide bonds. The predicted molar refractivity (Wildman–Crippen MR) is 108 cm³/mol. The van der Waals surface area contributed by atoms with E-state index in [-0.39, 0.29) is 5.91 Å². The number of amides is 1. The molecule has 148 valence electrons. The lowest BCUT2D eigenvalue weighted by atomic mass is 9.90. The SMILES string of the molecule is O=C(c1ccc(OCC2CCCCC2)cc1)N1CCC[C@H]1CN1CCCC1. The maximum absolute atomic E-state index is 13.0. The molecule has 4 nitrogen and oxygen atoms in total. The fraction of sp³-hybridized carbons (Fsp3) is 0.696. The maximum Gasteiger partial charge on any atom is 0.254 e. The van der Waals surface area contributed by atoms with Gasteiger partial charge in [-0.1, -0.05) is 19.3 Å². The monoisotopic (exact) mass is 370 g/mol. The highest BCUT2D eigenvalue weighted by molar-refractivity contribution is 5.94. The Hall–Kier alpha value is -1.55. The Morgan fingerprint density at radius 3 is 2.37 bits per heavy atom. The molecule has 1 aromatic carbocycles. The fourth-order valence-corrected chi connectivity index (χ4v) is 4.98. The van der Waals surface area contributed by atoms with Gasteiger partial charge in [-0.15, -0.1) is 0 Å². The molecular weight excluding hydrogens is 336 g/mol. The zero-order valence-electron chi connectivity index (χ0n) is 16.6. The lowest BCUT2D eigenvalue weighted by molar-refractivity contribution is 0.0708.